The normalized spacial score (nSPS) is 14.5. The smallest absolute Gasteiger partial charge is 0.118 e. The number of methoxy groups -OCH3 is 2. The van der Waals surface area contributed by atoms with E-state index in [2.05, 4.69) is 0 Å². The van der Waals surface area contributed by atoms with E-state index in [0.717, 1.165) is 35.5 Å². The second-order valence-corrected chi connectivity index (χ2v) is 7.09. The largest absolute Gasteiger partial charge is 0.497 e. The molecule has 0 aliphatic rings. The highest BCUT2D eigenvalue weighted by Gasteiger charge is 2.24. The molecule has 2 unspecified atom stereocenters. The fourth-order valence-electron chi connectivity index (χ4n) is 3.04. The van der Waals surface area contributed by atoms with Gasteiger partial charge in [0, 0.05) is 6.42 Å². The summed E-state index contributed by atoms with van der Waals surface area (Å²) in [6.07, 6.45) is 2.63. The summed E-state index contributed by atoms with van der Waals surface area (Å²) in [4.78, 5) is 0. The lowest BCUT2D eigenvalue weighted by atomic mass is 9.89. The molecule has 4 nitrogen and oxygen atoms in total. The Kier molecular flexibility index (Phi) is 7.49. The molecule has 2 N–H and O–H groups in total. The van der Waals surface area contributed by atoms with Crippen molar-refractivity contribution in [2.24, 2.45) is 0 Å². The first kappa shape index (κ1) is 20.3. The number of aliphatic hydroxyl groups is 2. The highest BCUT2D eigenvalue weighted by atomic mass is 16.5. The summed E-state index contributed by atoms with van der Waals surface area (Å²) >= 11 is 0. The summed E-state index contributed by atoms with van der Waals surface area (Å²) in [6.45, 7) is 1.80. The van der Waals surface area contributed by atoms with Crippen molar-refractivity contribution >= 4 is 0 Å². The van der Waals surface area contributed by atoms with E-state index in [9.17, 15) is 10.2 Å². The second-order valence-electron chi connectivity index (χ2n) is 7.09. The van der Waals surface area contributed by atoms with E-state index in [1.807, 2.05) is 48.5 Å². The molecule has 2 atom stereocenters. The van der Waals surface area contributed by atoms with Crippen LogP contribution in [0.5, 0.6) is 11.5 Å². The molecule has 26 heavy (non-hydrogen) atoms. The third kappa shape index (κ3) is 6.70. The molecule has 2 rings (SSSR count). The van der Waals surface area contributed by atoms with Gasteiger partial charge in [-0.2, -0.15) is 0 Å². The number of benzene rings is 2. The molecule has 0 fully saturated rings. The molecule has 0 aliphatic carbocycles. The van der Waals surface area contributed by atoms with E-state index >= 15 is 0 Å². The predicted octanol–water partition coefficient (Wildman–Crippen LogP) is 3.77. The molecule has 0 amide bonds. The molecule has 0 spiro atoms. The number of ether oxygens (including phenoxy) is 2. The fourth-order valence-corrected chi connectivity index (χ4v) is 3.04. The van der Waals surface area contributed by atoms with Gasteiger partial charge in [0.1, 0.15) is 11.5 Å². The van der Waals surface area contributed by atoms with Crippen LogP contribution >= 0.6 is 0 Å². The monoisotopic (exact) mass is 358 g/mol. The van der Waals surface area contributed by atoms with Gasteiger partial charge in [0.25, 0.3) is 0 Å². The number of aryl methyl sites for hydroxylation is 2. The summed E-state index contributed by atoms with van der Waals surface area (Å²) in [5.41, 5.74) is 1.42. The molecular formula is C22H30O4. The van der Waals surface area contributed by atoms with Gasteiger partial charge < -0.3 is 19.7 Å². The van der Waals surface area contributed by atoms with Crippen molar-refractivity contribution in [3.8, 4) is 11.5 Å². The molecule has 0 aliphatic heterocycles. The highest BCUT2D eigenvalue weighted by molar-refractivity contribution is 5.28. The van der Waals surface area contributed by atoms with Gasteiger partial charge in [-0.1, -0.05) is 24.3 Å². The van der Waals surface area contributed by atoms with Gasteiger partial charge in [-0.05, 0) is 68.0 Å². The third-order valence-corrected chi connectivity index (χ3v) is 4.71. The minimum atomic E-state index is -0.890. The second kappa shape index (κ2) is 9.60. The van der Waals surface area contributed by atoms with E-state index in [1.54, 1.807) is 21.1 Å². The molecule has 0 saturated carbocycles. The minimum Gasteiger partial charge on any atom is -0.497 e. The highest BCUT2D eigenvalue weighted by Crippen LogP contribution is 2.23. The lowest BCUT2D eigenvalue weighted by Crippen LogP contribution is -2.30. The zero-order valence-electron chi connectivity index (χ0n) is 15.9. The summed E-state index contributed by atoms with van der Waals surface area (Å²) in [7, 11) is 3.29. The molecule has 2 aromatic rings. The standard InChI is InChI=1S/C22H30O4/c1-22(24,15-14-18-7-12-21(26-3)13-8-18)16-19(23)9-4-17-5-10-20(25-2)11-6-17/h5-8,10-13,19,23-24H,4,9,14-16H2,1-3H3. The minimum absolute atomic E-state index is 0.374. The van der Waals surface area contributed by atoms with Crippen LogP contribution in [0.1, 0.15) is 37.3 Å². The molecule has 0 saturated heterocycles. The molecule has 0 heterocycles. The number of hydrogen-bond acceptors (Lipinski definition) is 4. The number of aliphatic hydroxyl groups excluding tert-OH is 1. The first-order valence-corrected chi connectivity index (χ1v) is 9.08. The van der Waals surface area contributed by atoms with E-state index in [1.165, 1.54) is 0 Å². The van der Waals surface area contributed by atoms with E-state index < -0.39 is 11.7 Å². The van der Waals surface area contributed by atoms with Crippen LogP contribution in [-0.4, -0.2) is 36.1 Å². The molecule has 0 radical (unpaired) electrons. The average molecular weight is 358 g/mol. The molecule has 0 aromatic heterocycles. The Morgan fingerprint density at radius 1 is 0.846 bits per heavy atom. The van der Waals surface area contributed by atoms with Gasteiger partial charge in [-0.15, -0.1) is 0 Å². The number of rotatable bonds is 10. The van der Waals surface area contributed by atoms with Crippen molar-refractivity contribution in [1.82, 2.24) is 0 Å². The maximum absolute atomic E-state index is 10.6. The van der Waals surface area contributed by atoms with Gasteiger partial charge in [0.15, 0.2) is 0 Å². The van der Waals surface area contributed by atoms with Crippen LogP contribution in [0.25, 0.3) is 0 Å². The van der Waals surface area contributed by atoms with Crippen LogP contribution < -0.4 is 9.47 Å². The quantitative estimate of drug-likeness (QED) is 0.679. The topological polar surface area (TPSA) is 58.9 Å². The fraction of sp³-hybridized carbons (Fsp3) is 0.455. The average Bonchev–Trinajstić information content (AvgIpc) is 2.65. The van der Waals surface area contributed by atoms with Crippen molar-refractivity contribution in [1.29, 1.82) is 0 Å². The zero-order chi connectivity index (χ0) is 19.0. The molecule has 2 aromatic carbocycles. The summed E-state index contributed by atoms with van der Waals surface area (Å²) in [5.74, 6) is 1.66. The van der Waals surface area contributed by atoms with Crippen LogP contribution in [0.4, 0.5) is 0 Å². The van der Waals surface area contributed by atoms with Gasteiger partial charge in [-0.3, -0.25) is 0 Å². The lowest BCUT2D eigenvalue weighted by Gasteiger charge is -2.26. The maximum Gasteiger partial charge on any atom is 0.118 e. The summed E-state index contributed by atoms with van der Waals surface area (Å²) in [5, 5.41) is 20.9. The predicted molar refractivity (Wildman–Crippen MR) is 104 cm³/mol. The number of hydrogen-bond donors (Lipinski definition) is 2. The van der Waals surface area contributed by atoms with Gasteiger partial charge >= 0.3 is 0 Å². The molecule has 4 heteroatoms. The van der Waals surface area contributed by atoms with Crippen molar-refractivity contribution in [3.05, 3.63) is 59.7 Å². The molecule has 142 valence electrons. The van der Waals surface area contributed by atoms with E-state index in [-0.39, 0.29) is 0 Å². The van der Waals surface area contributed by atoms with Crippen LogP contribution in [0.15, 0.2) is 48.5 Å². The Morgan fingerprint density at radius 2 is 1.31 bits per heavy atom. The van der Waals surface area contributed by atoms with Crippen molar-refractivity contribution in [2.75, 3.05) is 14.2 Å². The van der Waals surface area contributed by atoms with Crippen molar-refractivity contribution in [3.63, 3.8) is 0 Å². The first-order chi connectivity index (χ1) is 12.4. The Hall–Kier alpha value is -2.04. The van der Waals surface area contributed by atoms with Crippen molar-refractivity contribution in [2.45, 2.75) is 50.7 Å². The van der Waals surface area contributed by atoms with Gasteiger partial charge in [-0.25, -0.2) is 0 Å². The van der Waals surface area contributed by atoms with E-state index in [4.69, 9.17) is 9.47 Å². The first-order valence-electron chi connectivity index (χ1n) is 9.08. The maximum atomic E-state index is 10.6. The Morgan fingerprint density at radius 3 is 1.77 bits per heavy atom. The Bertz CT molecular complexity index is 647. The Labute approximate surface area is 156 Å². The summed E-state index contributed by atoms with van der Waals surface area (Å²) < 4.78 is 10.3. The molecular weight excluding hydrogens is 328 g/mol. The molecule has 0 bridgehead atoms. The van der Waals surface area contributed by atoms with Gasteiger partial charge in [0.2, 0.25) is 0 Å². The SMILES string of the molecule is COc1ccc(CCC(O)CC(C)(O)CCc2ccc(OC)cc2)cc1. The Balaban J connectivity index is 1.76. The van der Waals surface area contributed by atoms with Gasteiger partial charge in [0.05, 0.1) is 25.9 Å². The van der Waals surface area contributed by atoms with Crippen LogP contribution in [-0.2, 0) is 12.8 Å². The third-order valence-electron chi connectivity index (χ3n) is 4.71. The van der Waals surface area contributed by atoms with Crippen molar-refractivity contribution < 1.29 is 19.7 Å². The van der Waals surface area contributed by atoms with E-state index in [0.29, 0.717) is 19.3 Å². The zero-order valence-corrected chi connectivity index (χ0v) is 15.9. The van der Waals surface area contributed by atoms with Crippen LogP contribution in [0.3, 0.4) is 0 Å². The van der Waals surface area contributed by atoms with Crippen LogP contribution in [0, 0.1) is 0 Å². The summed E-state index contributed by atoms with van der Waals surface area (Å²) in [6, 6.07) is 15.7. The van der Waals surface area contributed by atoms with Crippen LogP contribution in [0.2, 0.25) is 0 Å². The lowest BCUT2D eigenvalue weighted by molar-refractivity contribution is -0.00433.